The zero-order chi connectivity index (χ0) is 11.1. The van der Waals surface area contributed by atoms with Crippen molar-refractivity contribution in [3.8, 4) is 0 Å². The molecule has 3 nitrogen and oxygen atoms in total. The molecule has 0 atom stereocenters. The number of hydrogen-bond donors (Lipinski definition) is 2. The number of nitrogens with one attached hydrogen (secondary N) is 1. The minimum atomic E-state index is 0.145. The van der Waals surface area contributed by atoms with Crippen LogP contribution >= 0.6 is 28.1 Å². The Balaban J connectivity index is 2.61. The van der Waals surface area contributed by atoms with Crippen LogP contribution in [0.25, 0.3) is 6.08 Å². The van der Waals surface area contributed by atoms with E-state index >= 15 is 0 Å². The van der Waals surface area contributed by atoms with Crippen LogP contribution in [0.2, 0.25) is 0 Å². The number of allylic oxidation sites excluding steroid dienone is 1. The van der Waals surface area contributed by atoms with Gasteiger partial charge in [0, 0.05) is 4.48 Å². The lowest BCUT2D eigenvalue weighted by Crippen LogP contribution is -2.23. The van der Waals surface area contributed by atoms with Crippen LogP contribution in [0.4, 0.5) is 0 Å². The Bertz CT molecular complexity index is 387. The average Bonchev–Trinajstić information content (AvgIpc) is 2.18. The molecule has 0 heterocycles. The Morgan fingerprint density at radius 3 is 2.67 bits per heavy atom. The fourth-order valence-corrected chi connectivity index (χ4v) is 1.32. The third kappa shape index (κ3) is 5.29. The summed E-state index contributed by atoms with van der Waals surface area (Å²) in [7, 11) is 0. The molecule has 0 saturated carbocycles. The summed E-state index contributed by atoms with van der Waals surface area (Å²) in [5.41, 5.74) is 8.76. The zero-order valence-electron chi connectivity index (χ0n) is 7.85. The lowest BCUT2D eigenvalue weighted by Gasteiger charge is -1.94. The molecule has 0 fully saturated rings. The SMILES string of the molecule is NC(=S)N/N=C\C(Br)=C\c1ccccc1. The van der Waals surface area contributed by atoms with Crippen molar-refractivity contribution in [2.75, 3.05) is 0 Å². The molecular formula is C10H10BrN3S. The Morgan fingerprint density at radius 2 is 2.07 bits per heavy atom. The van der Waals surface area contributed by atoms with Crippen LogP contribution < -0.4 is 11.2 Å². The highest BCUT2D eigenvalue weighted by Gasteiger charge is 1.88. The fraction of sp³-hybridized carbons (Fsp3) is 0. The van der Waals surface area contributed by atoms with Gasteiger partial charge in [0.1, 0.15) is 0 Å². The molecule has 0 unspecified atom stereocenters. The molecule has 0 aliphatic heterocycles. The van der Waals surface area contributed by atoms with Crippen molar-refractivity contribution in [3.63, 3.8) is 0 Å². The van der Waals surface area contributed by atoms with Crippen molar-refractivity contribution in [2.45, 2.75) is 0 Å². The Hall–Kier alpha value is -1.20. The quantitative estimate of drug-likeness (QED) is 0.508. The molecule has 0 aliphatic carbocycles. The van der Waals surface area contributed by atoms with E-state index in [1.54, 1.807) is 6.21 Å². The van der Waals surface area contributed by atoms with Crippen molar-refractivity contribution in [1.82, 2.24) is 5.43 Å². The van der Waals surface area contributed by atoms with E-state index in [1.165, 1.54) is 0 Å². The average molecular weight is 284 g/mol. The van der Waals surface area contributed by atoms with Gasteiger partial charge in [-0.15, -0.1) is 0 Å². The molecular weight excluding hydrogens is 274 g/mol. The molecule has 1 rings (SSSR count). The van der Waals surface area contributed by atoms with Crippen LogP contribution in [0.5, 0.6) is 0 Å². The molecule has 1 aromatic rings. The molecule has 3 N–H and O–H groups in total. The number of rotatable bonds is 3. The molecule has 15 heavy (non-hydrogen) atoms. The molecule has 0 radical (unpaired) electrons. The number of hydrazone groups is 1. The van der Waals surface area contributed by atoms with E-state index in [9.17, 15) is 0 Å². The van der Waals surface area contributed by atoms with Crippen LogP contribution in [-0.4, -0.2) is 11.3 Å². The van der Waals surface area contributed by atoms with Gasteiger partial charge in [0.25, 0.3) is 0 Å². The molecule has 5 heteroatoms. The standard InChI is InChI=1S/C10H10BrN3S/c11-9(7-13-14-10(12)15)6-8-4-2-1-3-5-8/h1-7H,(H3,12,14,15)/b9-6-,13-7-. The van der Waals surface area contributed by atoms with Crippen molar-refractivity contribution in [1.29, 1.82) is 0 Å². The number of nitrogens with zero attached hydrogens (tertiary/aromatic N) is 1. The van der Waals surface area contributed by atoms with Gasteiger partial charge in [0.15, 0.2) is 5.11 Å². The maximum Gasteiger partial charge on any atom is 0.184 e. The summed E-state index contributed by atoms with van der Waals surface area (Å²) in [6, 6.07) is 9.90. The Kier molecular flexibility index (Phi) is 5.00. The topological polar surface area (TPSA) is 50.4 Å². The first-order valence-electron chi connectivity index (χ1n) is 4.19. The van der Waals surface area contributed by atoms with Gasteiger partial charge in [-0.25, -0.2) is 0 Å². The summed E-state index contributed by atoms with van der Waals surface area (Å²) < 4.78 is 0.831. The van der Waals surface area contributed by atoms with E-state index in [1.807, 2.05) is 36.4 Å². The van der Waals surface area contributed by atoms with Crippen LogP contribution in [0.15, 0.2) is 39.9 Å². The second-order valence-electron chi connectivity index (χ2n) is 2.67. The number of hydrogen-bond acceptors (Lipinski definition) is 2. The maximum absolute atomic E-state index is 5.20. The van der Waals surface area contributed by atoms with E-state index in [-0.39, 0.29) is 5.11 Å². The zero-order valence-corrected chi connectivity index (χ0v) is 10.3. The fourth-order valence-electron chi connectivity index (χ4n) is 0.903. The minimum absolute atomic E-state index is 0.145. The van der Waals surface area contributed by atoms with Gasteiger partial charge in [-0.1, -0.05) is 30.3 Å². The molecule has 1 aromatic carbocycles. The second kappa shape index (κ2) is 6.31. The Morgan fingerprint density at radius 1 is 1.40 bits per heavy atom. The summed E-state index contributed by atoms with van der Waals surface area (Å²) in [6.07, 6.45) is 3.52. The highest BCUT2D eigenvalue weighted by atomic mass is 79.9. The van der Waals surface area contributed by atoms with E-state index in [0.717, 1.165) is 10.0 Å². The minimum Gasteiger partial charge on any atom is -0.375 e. The summed E-state index contributed by atoms with van der Waals surface area (Å²) in [6.45, 7) is 0. The van der Waals surface area contributed by atoms with E-state index in [4.69, 9.17) is 5.73 Å². The first kappa shape index (κ1) is 11.9. The molecule has 0 aromatic heterocycles. The number of halogens is 1. The molecule has 0 bridgehead atoms. The number of nitrogens with two attached hydrogens (primary N) is 1. The summed E-state index contributed by atoms with van der Waals surface area (Å²) in [5, 5.41) is 3.96. The van der Waals surface area contributed by atoms with Crippen molar-refractivity contribution >= 4 is 45.6 Å². The number of thiocarbonyl (C=S) groups is 1. The molecule has 0 amide bonds. The van der Waals surface area contributed by atoms with Gasteiger partial charge in [-0.2, -0.15) is 5.10 Å². The number of benzene rings is 1. The first-order chi connectivity index (χ1) is 7.18. The highest BCUT2D eigenvalue weighted by Crippen LogP contribution is 2.09. The predicted molar refractivity (Wildman–Crippen MR) is 71.8 cm³/mol. The van der Waals surface area contributed by atoms with Gasteiger partial charge in [0.2, 0.25) is 0 Å². The maximum atomic E-state index is 5.20. The van der Waals surface area contributed by atoms with E-state index < -0.39 is 0 Å². The smallest absolute Gasteiger partial charge is 0.184 e. The molecule has 78 valence electrons. The van der Waals surface area contributed by atoms with Gasteiger partial charge in [0.05, 0.1) is 6.21 Å². The van der Waals surface area contributed by atoms with Crippen molar-refractivity contribution in [3.05, 3.63) is 40.4 Å². The van der Waals surface area contributed by atoms with Gasteiger partial charge < -0.3 is 5.73 Å². The predicted octanol–water partition coefficient (Wildman–Crippen LogP) is 2.24. The van der Waals surface area contributed by atoms with Crippen LogP contribution in [0.3, 0.4) is 0 Å². The summed E-state index contributed by atoms with van der Waals surface area (Å²) >= 11 is 7.95. The van der Waals surface area contributed by atoms with E-state index in [2.05, 4.69) is 38.7 Å². The largest absolute Gasteiger partial charge is 0.375 e. The molecule has 0 spiro atoms. The third-order valence-electron chi connectivity index (χ3n) is 1.47. The van der Waals surface area contributed by atoms with Gasteiger partial charge in [-0.3, -0.25) is 5.43 Å². The van der Waals surface area contributed by atoms with Crippen LogP contribution in [-0.2, 0) is 0 Å². The van der Waals surface area contributed by atoms with Crippen LogP contribution in [0, 0.1) is 0 Å². The van der Waals surface area contributed by atoms with Crippen molar-refractivity contribution < 1.29 is 0 Å². The van der Waals surface area contributed by atoms with Gasteiger partial charge >= 0.3 is 0 Å². The van der Waals surface area contributed by atoms with E-state index in [0.29, 0.717) is 0 Å². The molecule has 0 saturated heterocycles. The third-order valence-corrected chi connectivity index (χ3v) is 1.99. The Labute approximate surface area is 102 Å². The lowest BCUT2D eigenvalue weighted by molar-refractivity contribution is 1.04. The highest BCUT2D eigenvalue weighted by molar-refractivity contribution is 9.12. The monoisotopic (exact) mass is 283 g/mol. The lowest BCUT2D eigenvalue weighted by atomic mass is 10.2. The van der Waals surface area contributed by atoms with Crippen molar-refractivity contribution in [2.24, 2.45) is 10.8 Å². The van der Waals surface area contributed by atoms with Gasteiger partial charge in [-0.05, 0) is 39.8 Å². The molecule has 0 aliphatic rings. The second-order valence-corrected chi connectivity index (χ2v) is 4.03. The van der Waals surface area contributed by atoms with Crippen LogP contribution in [0.1, 0.15) is 5.56 Å². The first-order valence-corrected chi connectivity index (χ1v) is 5.39. The summed E-state index contributed by atoms with van der Waals surface area (Å²) in [4.78, 5) is 0. The normalized spacial score (nSPS) is 11.7. The summed E-state index contributed by atoms with van der Waals surface area (Å²) in [5.74, 6) is 0.